The molecule has 1 aromatic rings. The van der Waals surface area contributed by atoms with Gasteiger partial charge in [0.15, 0.2) is 11.6 Å². The van der Waals surface area contributed by atoms with Crippen LogP contribution in [-0.4, -0.2) is 43.1 Å². The van der Waals surface area contributed by atoms with E-state index in [9.17, 15) is 14.0 Å². The molecule has 2 aliphatic rings. The highest BCUT2D eigenvalue weighted by molar-refractivity contribution is 6.00. The van der Waals surface area contributed by atoms with E-state index in [4.69, 9.17) is 4.74 Å². The number of hydrogen-bond acceptors (Lipinski definition) is 5. The number of piperidine rings is 2. The fourth-order valence-electron chi connectivity index (χ4n) is 3.18. The molecule has 124 valence electrons. The third kappa shape index (κ3) is 3.34. The number of hydrogen-bond donors (Lipinski definition) is 1. The summed E-state index contributed by atoms with van der Waals surface area (Å²) >= 11 is 0. The molecular formula is C16H20FN3O3. The Balaban J connectivity index is 1.73. The number of nitrogens with zero attached hydrogens (tertiary/aromatic N) is 2. The van der Waals surface area contributed by atoms with E-state index in [1.54, 1.807) is 13.3 Å². The summed E-state index contributed by atoms with van der Waals surface area (Å²) < 4.78 is 19.8. The van der Waals surface area contributed by atoms with Crippen LogP contribution >= 0.6 is 0 Å². The number of imide groups is 1. The van der Waals surface area contributed by atoms with E-state index in [1.807, 2.05) is 4.90 Å². The Morgan fingerprint density at radius 2 is 2.04 bits per heavy atom. The van der Waals surface area contributed by atoms with Crippen molar-refractivity contribution in [1.29, 1.82) is 0 Å². The fourth-order valence-corrected chi connectivity index (χ4v) is 3.18. The van der Waals surface area contributed by atoms with Crippen molar-refractivity contribution < 1.29 is 18.7 Å². The van der Waals surface area contributed by atoms with E-state index >= 15 is 0 Å². The van der Waals surface area contributed by atoms with E-state index in [2.05, 4.69) is 10.3 Å². The molecule has 2 amide bonds. The van der Waals surface area contributed by atoms with Gasteiger partial charge in [-0.25, -0.2) is 9.37 Å². The summed E-state index contributed by atoms with van der Waals surface area (Å²) in [4.78, 5) is 29.2. The zero-order valence-corrected chi connectivity index (χ0v) is 13.0. The molecular weight excluding hydrogens is 301 g/mol. The van der Waals surface area contributed by atoms with Crippen LogP contribution in [-0.2, 0) is 14.3 Å². The van der Waals surface area contributed by atoms with Gasteiger partial charge in [-0.15, -0.1) is 0 Å². The minimum Gasteiger partial charge on any atom is -0.381 e. The van der Waals surface area contributed by atoms with Crippen molar-refractivity contribution in [2.75, 3.05) is 25.1 Å². The van der Waals surface area contributed by atoms with Crippen LogP contribution in [0.5, 0.6) is 0 Å². The lowest BCUT2D eigenvalue weighted by Gasteiger charge is -2.32. The van der Waals surface area contributed by atoms with Crippen molar-refractivity contribution in [1.82, 2.24) is 10.3 Å². The quantitative estimate of drug-likeness (QED) is 0.851. The van der Waals surface area contributed by atoms with E-state index in [0.717, 1.165) is 12.8 Å². The molecule has 3 rings (SSSR count). The first-order valence-corrected chi connectivity index (χ1v) is 7.85. The van der Waals surface area contributed by atoms with Gasteiger partial charge in [0, 0.05) is 32.8 Å². The molecule has 1 atom stereocenters. The van der Waals surface area contributed by atoms with Crippen molar-refractivity contribution in [3.8, 4) is 0 Å². The van der Waals surface area contributed by atoms with Crippen LogP contribution in [0.3, 0.4) is 0 Å². The summed E-state index contributed by atoms with van der Waals surface area (Å²) in [7, 11) is 1.69. The molecule has 1 unspecified atom stereocenters. The van der Waals surface area contributed by atoms with Gasteiger partial charge in [-0.3, -0.25) is 14.9 Å². The number of carbonyl (C=O) groups is 2. The number of halogens is 1. The molecule has 2 saturated heterocycles. The zero-order chi connectivity index (χ0) is 16.4. The van der Waals surface area contributed by atoms with Crippen LogP contribution < -0.4 is 10.2 Å². The van der Waals surface area contributed by atoms with Crippen molar-refractivity contribution >= 4 is 17.6 Å². The number of rotatable bonds is 3. The topological polar surface area (TPSA) is 71.5 Å². The first-order chi connectivity index (χ1) is 11.1. The molecule has 7 heteroatoms. The maximum atomic E-state index is 14.4. The Kier molecular flexibility index (Phi) is 4.56. The summed E-state index contributed by atoms with van der Waals surface area (Å²) in [5, 5.41) is 2.28. The van der Waals surface area contributed by atoms with Gasteiger partial charge in [0.05, 0.1) is 12.0 Å². The molecule has 1 aromatic heterocycles. The zero-order valence-electron chi connectivity index (χ0n) is 13.0. The lowest BCUT2D eigenvalue weighted by Crippen LogP contribution is -2.40. The molecule has 0 aromatic carbocycles. The first kappa shape index (κ1) is 15.9. The smallest absolute Gasteiger partial charge is 0.234 e. The van der Waals surface area contributed by atoms with Crippen LogP contribution in [0.4, 0.5) is 10.2 Å². The predicted molar refractivity (Wildman–Crippen MR) is 81.6 cm³/mol. The van der Waals surface area contributed by atoms with Crippen LogP contribution in [0.15, 0.2) is 12.3 Å². The number of anilines is 1. The Bertz CT molecular complexity index is 615. The number of methoxy groups -OCH3 is 1. The van der Waals surface area contributed by atoms with Crippen molar-refractivity contribution in [2.24, 2.45) is 0 Å². The number of aromatic nitrogens is 1. The molecule has 0 bridgehead atoms. The number of nitrogens with one attached hydrogen (secondary N) is 1. The Hall–Kier alpha value is -2.02. The summed E-state index contributed by atoms with van der Waals surface area (Å²) in [6.07, 6.45) is 4.10. The maximum Gasteiger partial charge on any atom is 0.234 e. The maximum absolute atomic E-state index is 14.4. The Morgan fingerprint density at radius 1 is 1.30 bits per heavy atom. The third-order valence-electron chi connectivity index (χ3n) is 4.56. The van der Waals surface area contributed by atoms with Gasteiger partial charge < -0.3 is 9.64 Å². The van der Waals surface area contributed by atoms with Crippen molar-refractivity contribution in [3.63, 3.8) is 0 Å². The average Bonchev–Trinajstić information content (AvgIpc) is 2.55. The molecule has 3 heterocycles. The highest BCUT2D eigenvalue weighted by Crippen LogP contribution is 2.28. The molecule has 23 heavy (non-hydrogen) atoms. The minimum absolute atomic E-state index is 0.219. The standard InChI is InChI=1S/C16H20FN3O3/c1-23-11-4-6-20(7-5-11)15-13(17)8-10(9-18-15)12-2-3-14(21)19-16(12)22/h8-9,11-12H,2-7H2,1H3,(H,19,21,22). The lowest BCUT2D eigenvalue weighted by molar-refractivity contribution is -0.134. The average molecular weight is 321 g/mol. The molecule has 0 radical (unpaired) electrons. The summed E-state index contributed by atoms with van der Waals surface area (Å²) in [6.45, 7) is 1.39. The Morgan fingerprint density at radius 3 is 2.65 bits per heavy atom. The Labute approximate surface area is 134 Å². The fraction of sp³-hybridized carbons (Fsp3) is 0.562. The van der Waals surface area contributed by atoms with Crippen molar-refractivity contribution in [2.45, 2.75) is 37.7 Å². The number of pyridine rings is 1. The van der Waals surface area contributed by atoms with Crippen molar-refractivity contribution in [3.05, 3.63) is 23.6 Å². The van der Waals surface area contributed by atoms with Crippen LogP contribution in [0.25, 0.3) is 0 Å². The van der Waals surface area contributed by atoms with Crippen LogP contribution in [0, 0.1) is 5.82 Å². The molecule has 0 aliphatic carbocycles. The monoisotopic (exact) mass is 321 g/mol. The second-order valence-corrected chi connectivity index (χ2v) is 6.00. The number of ether oxygens (including phenoxy) is 1. The largest absolute Gasteiger partial charge is 0.381 e. The van der Waals surface area contributed by atoms with Crippen LogP contribution in [0.2, 0.25) is 0 Å². The van der Waals surface area contributed by atoms with E-state index in [0.29, 0.717) is 30.9 Å². The summed E-state index contributed by atoms with van der Waals surface area (Å²) in [5.74, 6) is -1.28. The highest BCUT2D eigenvalue weighted by atomic mass is 19.1. The summed E-state index contributed by atoms with van der Waals surface area (Å²) in [5.41, 5.74) is 0.517. The molecule has 2 aliphatic heterocycles. The number of amides is 2. The first-order valence-electron chi connectivity index (χ1n) is 7.85. The van der Waals surface area contributed by atoms with Crippen LogP contribution in [0.1, 0.15) is 37.2 Å². The second kappa shape index (κ2) is 6.62. The van der Waals surface area contributed by atoms with Gasteiger partial charge in [-0.05, 0) is 30.9 Å². The van der Waals surface area contributed by atoms with E-state index < -0.39 is 11.7 Å². The van der Waals surface area contributed by atoms with Gasteiger partial charge in [0.25, 0.3) is 0 Å². The van der Waals surface area contributed by atoms with E-state index in [1.165, 1.54) is 6.07 Å². The summed E-state index contributed by atoms with van der Waals surface area (Å²) in [6, 6.07) is 1.37. The lowest BCUT2D eigenvalue weighted by atomic mass is 9.91. The molecule has 0 spiro atoms. The van der Waals surface area contributed by atoms with Gasteiger partial charge in [-0.1, -0.05) is 0 Å². The van der Waals surface area contributed by atoms with E-state index in [-0.39, 0.29) is 24.3 Å². The van der Waals surface area contributed by atoms with Gasteiger partial charge in [0.2, 0.25) is 11.8 Å². The minimum atomic E-state index is -0.511. The molecule has 1 N–H and O–H groups in total. The van der Waals surface area contributed by atoms with Gasteiger partial charge >= 0.3 is 0 Å². The number of carbonyl (C=O) groups excluding carboxylic acids is 2. The molecule has 6 nitrogen and oxygen atoms in total. The second-order valence-electron chi connectivity index (χ2n) is 6.00. The van der Waals surface area contributed by atoms with Gasteiger partial charge in [0.1, 0.15) is 0 Å². The normalized spacial score (nSPS) is 23.0. The molecule has 0 saturated carbocycles. The highest BCUT2D eigenvalue weighted by Gasteiger charge is 2.29. The SMILES string of the molecule is COC1CCN(c2ncc(C3CCC(=O)NC3=O)cc2F)CC1. The van der Waals surface area contributed by atoms with Gasteiger partial charge in [-0.2, -0.15) is 0 Å². The third-order valence-corrected chi connectivity index (χ3v) is 4.56. The predicted octanol–water partition coefficient (Wildman–Crippen LogP) is 1.36. The molecule has 2 fully saturated rings.